The highest BCUT2D eigenvalue weighted by atomic mass is 35.5. The number of ether oxygens (including phenoxy) is 2. The molecular weight excluding hydrogens is 590 g/mol. The van der Waals surface area contributed by atoms with Crippen LogP contribution in [0.3, 0.4) is 0 Å². The summed E-state index contributed by atoms with van der Waals surface area (Å²) in [6, 6.07) is 12.3. The topological polar surface area (TPSA) is 94.6 Å². The Morgan fingerprint density at radius 1 is 0.860 bits per heavy atom. The first kappa shape index (κ1) is 35.0. The molecule has 4 aliphatic heterocycles. The number of likely N-dealkylation sites (N-methyl/N-ethyl adjacent to an activating group) is 2. The maximum absolute atomic E-state index is 11.7. The highest BCUT2D eigenvalue weighted by Crippen LogP contribution is 2.34. The number of hydrogen-bond acceptors (Lipinski definition) is 7. The van der Waals surface area contributed by atoms with E-state index in [1.807, 2.05) is 26.0 Å². The summed E-state index contributed by atoms with van der Waals surface area (Å²) in [6.07, 6.45) is 6.90. The van der Waals surface area contributed by atoms with Crippen LogP contribution in [0.5, 0.6) is 11.5 Å². The third-order valence-electron chi connectivity index (χ3n) is 8.75. The minimum Gasteiger partial charge on any atom is -0.482 e. The van der Waals surface area contributed by atoms with Gasteiger partial charge >= 0.3 is 7.05 Å². The number of anilines is 2. The monoisotopic (exact) mass is 634 g/mol. The third kappa shape index (κ3) is 8.79. The largest absolute Gasteiger partial charge is 0.482 e. The van der Waals surface area contributed by atoms with Crippen molar-refractivity contribution in [2.45, 2.75) is 45.3 Å². The summed E-state index contributed by atoms with van der Waals surface area (Å²) in [5.74, 6) is 2.85. The fourth-order valence-electron chi connectivity index (χ4n) is 6.26. The molecule has 2 unspecified atom stereocenters. The molecule has 2 fully saturated rings. The minimum absolute atomic E-state index is 0. The molecule has 43 heavy (non-hydrogen) atoms. The second-order valence-electron chi connectivity index (χ2n) is 11.8. The van der Waals surface area contributed by atoms with E-state index in [1.54, 1.807) is 16.8 Å². The average Bonchev–Trinajstić information content (AvgIpc) is 2.98. The molecule has 12 heteroatoms. The first-order valence-electron chi connectivity index (χ1n) is 15.0. The highest BCUT2D eigenvalue weighted by Gasteiger charge is 2.27. The Morgan fingerprint density at radius 3 is 1.91 bits per heavy atom. The highest BCUT2D eigenvalue weighted by molar-refractivity contribution is 6.45. The summed E-state index contributed by atoms with van der Waals surface area (Å²) in [7, 11) is 3.24. The molecule has 0 aromatic heterocycles. The van der Waals surface area contributed by atoms with Gasteiger partial charge in [-0.1, -0.05) is 12.1 Å². The van der Waals surface area contributed by atoms with Gasteiger partial charge in [0.2, 0.25) is 0 Å². The Balaban J connectivity index is 0.000000227. The third-order valence-corrected chi connectivity index (χ3v) is 8.75. The summed E-state index contributed by atoms with van der Waals surface area (Å²) in [5.41, 5.74) is 4.27. The zero-order chi connectivity index (χ0) is 28.9. The number of benzene rings is 2. The van der Waals surface area contributed by atoms with E-state index in [0.717, 1.165) is 68.3 Å². The van der Waals surface area contributed by atoms with Crippen molar-refractivity contribution in [1.82, 2.24) is 10.1 Å². The smallest absolute Gasteiger partial charge is 0.376 e. The number of carbonyl (C=O) groups excluding carboxylic acids is 2. The van der Waals surface area contributed by atoms with Crippen LogP contribution in [0.1, 0.15) is 36.8 Å². The number of amides is 2. The molecule has 2 saturated heterocycles. The summed E-state index contributed by atoms with van der Waals surface area (Å²) in [5, 5.41) is 13.2. The Morgan fingerprint density at radius 2 is 1.40 bits per heavy atom. The van der Waals surface area contributed by atoms with Gasteiger partial charge in [0.15, 0.2) is 13.2 Å². The van der Waals surface area contributed by atoms with Gasteiger partial charge in [-0.15, -0.1) is 24.8 Å². The van der Waals surface area contributed by atoms with Gasteiger partial charge < -0.3 is 34.4 Å². The molecule has 2 atom stereocenters. The zero-order valence-corrected chi connectivity index (χ0v) is 27.1. The van der Waals surface area contributed by atoms with E-state index in [0.29, 0.717) is 11.8 Å². The second kappa shape index (κ2) is 16.0. The van der Waals surface area contributed by atoms with Gasteiger partial charge in [-0.2, -0.15) is 0 Å². The van der Waals surface area contributed by atoms with Crippen molar-refractivity contribution >= 4 is 55.1 Å². The number of fused-ring (bicyclic) bond motifs is 2. The molecule has 4 heterocycles. The van der Waals surface area contributed by atoms with E-state index in [9.17, 15) is 14.6 Å². The van der Waals surface area contributed by atoms with Gasteiger partial charge in [-0.3, -0.25) is 9.59 Å². The van der Waals surface area contributed by atoms with Crippen LogP contribution < -0.4 is 24.6 Å². The molecule has 4 aliphatic rings. The number of nitrogens with one attached hydrogen (secondary N) is 1. The van der Waals surface area contributed by atoms with E-state index in [2.05, 4.69) is 34.4 Å². The van der Waals surface area contributed by atoms with Crippen molar-refractivity contribution in [2.75, 3.05) is 63.3 Å². The molecule has 0 radical (unpaired) electrons. The Hall–Kier alpha value is -2.50. The Labute approximate surface area is 268 Å². The van der Waals surface area contributed by atoms with Crippen LogP contribution in [0.2, 0.25) is 6.82 Å². The van der Waals surface area contributed by atoms with Gasteiger partial charge in [-0.25, -0.2) is 0 Å². The number of rotatable bonds is 5. The van der Waals surface area contributed by atoms with Crippen molar-refractivity contribution in [2.24, 2.45) is 11.8 Å². The molecule has 2 N–H and O–H groups in total. The van der Waals surface area contributed by atoms with Crippen molar-refractivity contribution in [3.8, 4) is 11.5 Å². The van der Waals surface area contributed by atoms with Gasteiger partial charge in [0.05, 0.1) is 11.4 Å². The lowest BCUT2D eigenvalue weighted by atomic mass is 9.79. The SMILES string of the molecule is CB(O)N1CCCC(Cc2ccc3c(c2)N(C)C(=O)CO3)C1.CN1C(=O)COc2ccc(CC3CCCNC3)cc21.Cl.Cl. The van der Waals surface area contributed by atoms with Gasteiger partial charge in [0, 0.05) is 14.1 Å². The molecule has 0 spiro atoms. The Kier molecular flexibility index (Phi) is 13.0. The van der Waals surface area contributed by atoms with Crippen LogP contribution in [0.15, 0.2) is 36.4 Å². The van der Waals surface area contributed by atoms with Crippen molar-refractivity contribution in [3.63, 3.8) is 0 Å². The lowest BCUT2D eigenvalue weighted by molar-refractivity contribution is -0.121. The fourth-order valence-corrected chi connectivity index (χ4v) is 6.26. The lowest BCUT2D eigenvalue weighted by Gasteiger charge is -2.34. The van der Waals surface area contributed by atoms with E-state index in [4.69, 9.17) is 9.47 Å². The van der Waals surface area contributed by atoms with Crippen LogP contribution in [0.4, 0.5) is 11.4 Å². The predicted molar refractivity (Wildman–Crippen MR) is 176 cm³/mol. The first-order chi connectivity index (χ1) is 19.8. The summed E-state index contributed by atoms with van der Waals surface area (Å²) < 4.78 is 10.9. The van der Waals surface area contributed by atoms with Gasteiger partial charge in [0.25, 0.3) is 11.8 Å². The molecule has 2 aromatic rings. The summed E-state index contributed by atoms with van der Waals surface area (Å²) in [4.78, 5) is 28.9. The normalized spacial score (nSPS) is 21.5. The summed E-state index contributed by atoms with van der Waals surface area (Å²) >= 11 is 0. The standard InChI is InChI=1S/C16H23BN2O3.C15H20N2O2.2ClH/c1-17(21)19-7-3-4-13(10-19)8-12-5-6-15-14(9-12)18(2)16(20)11-22-15;1-17-13-8-11(7-12-3-2-6-16-9-12)4-5-14(13)19-10-15(17)18;;/h5-6,9,13,21H,3-4,7-8,10-11H2,1-2H3;4-5,8,12,16H,2-3,6-7,9-10H2,1H3;2*1H. The van der Waals surface area contributed by atoms with Gasteiger partial charge in [-0.05, 0) is 119 Å². The number of carbonyl (C=O) groups is 2. The zero-order valence-electron chi connectivity index (χ0n) is 25.4. The first-order valence-corrected chi connectivity index (χ1v) is 15.0. The summed E-state index contributed by atoms with van der Waals surface area (Å²) in [6.45, 7) is 6.25. The number of halogens is 2. The molecule has 6 rings (SSSR count). The number of nitrogens with zero attached hydrogens (tertiary/aromatic N) is 3. The van der Waals surface area contributed by atoms with Crippen molar-refractivity contribution in [3.05, 3.63) is 47.5 Å². The average molecular weight is 635 g/mol. The molecule has 0 saturated carbocycles. The quantitative estimate of drug-likeness (QED) is 0.483. The van der Waals surface area contributed by atoms with Gasteiger partial charge in [0.1, 0.15) is 11.5 Å². The van der Waals surface area contributed by atoms with E-state index in [-0.39, 0.29) is 56.9 Å². The van der Waals surface area contributed by atoms with E-state index >= 15 is 0 Å². The van der Waals surface area contributed by atoms with Crippen molar-refractivity contribution < 1.29 is 24.1 Å². The van der Waals surface area contributed by atoms with Crippen LogP contribution in [0, 0.1) is 11.8 Å². The van der Waals surface area contributed by atoms with Crippen molar-refractivity contribution in [1.29, 1.82) is 0 Å². The van der Waals surface area contributed by atoms with E-state index in [1.165, 1.54) is 30.4 Å². The van der Waals surface area contributed by atoms with Crippen LogP contribution in [-0.2, 0) is 22.4 Å². The molecular formula is C31H45BCl2N4O5. The maximum Gasteiger partial charge on any atom is 0.376 e. The van der Waals surface area contributed by atoms with Crippen LogP contribution in [-0.4, -0.2) is 82.2 Å². The molecule has 2 amide bonds. The fraction of sp³-hybridized carbons (Fsp3) is 0.548. The molecule has 9 nitrogen and oxygen atoms in total. The molecule has 0 bridgehead atoms. The molecule has 2 aromatic carbocycles. The van der Waals surface area contributed by atoms with E-state index < -0.39 is 0 Å². The number of piperidine rings is 2. The minimum atomic E-state index is -0.372. The molecule has 236 valence electrons. The van der Waals surface area contributed by atoms with Crippen LogP contribution in [0.25, 0.3) is 0 Å². The van der Waals surface area contributed by atoms with Crippen LogP contribution >= 0.6 is 24.8 Å². The second-order valence-corrected chi connectivity index (χ2v) is 11.8. The lowest BCUT2D eigenvalue weighted by Crippen LogP contribution is -2.44. The maximum atomic E-state index is 11.7. The predicted octanol–water partition coefficient (Wildman–Crippen LogP) is 3.83. The Bertz CT molecular complexity index is 1250. The molecule has 0 aliphatic carbocycles. The number of hydrogen-bond donors (Lipinski definition) is 2.